The van der Waals surface area contributed by atoms with E-state index in [1.54, 1.807) is 0 Å². The minimum Gasteiger partial charge on any atom is -0.349 e. The fourth-order valence-electron chi connectivity index (χ4n) is 3.36. The van der Waals surface area contributed by atoms with E-state index in [1.165, 1.54) is 10.9 Å². The van der Waals surface area contributed by atoms with Crippen LogP contribution < -0.4 is 5.32 Å². The third-order valence-corrected chi connectivity index (χ3v) is 4.48. The summed E-state index contributed by atoms with van der Waals surface area (Å²) in [5.41, 5.74) is 4.16. The highest BCUT2D eigenvalue weighted by molar-refractivity contribution is 6.10. The van der Waals surface area contributed by atoms with Gasteiger partial charge in [-0.2, -0.15) is 0 Å². The Morgan fingerprint density at radius 2 is 1.92 bits per heavy atom. The third kappa shape index (κ3) is 2.69. The molecule has 0 saturated carbocycles. The lowest BCUT2D eigenvalue weighted by Crippen LogP contribution is -2.32. The number of hydrogen-bond acceptors (Lipinski definition) is 2. The molecule has 128 valence electrons. The van der Waals surface area contributed by atoms with Gasteiger partial charge in [0.05, 0.1) is 16.6 Å². The van der Waals surface area contributed by atoms with E-state index in [9.17, 15) is 4.79 Å². The molecule has 0 aliphatic carbocycles. The first-order valence-electron chi connectivity index (χ1n) is 8.43. The fourth-order valence-corrected chi connectivity index (χ4v) is 3.36. The molecule has 0 radical (unpaired) electrons. The zero-order valence-corrected chi connectivity index (χ0v) is 15.1. The van der Waals surface area contributed by atoms with Crippen LogP contribution in [0.4, 0.5) is 0 Å². The van der Waals surface area contributed by atoms with E-state index in [-0.39, 0.29) is 5.91 Å². The Bertz CT molecular complexity index is 886. The molecule has 5 heteroatoms. The Morgan fingerprint density at radius 3 is 2.58 bits per heavy atom. The molecule has 1 N–H and O–H groups in total. The summed E-state index contributed by atoms with van der Waals surface area (Å²) in [6.45, 7) is 5.83. The van der Waals surface area contributed by atoms with E-state index in [1.807, 2.05) is 31.8 Å². The van der Waals surface area contributed by atoms with Crippen molar-refractivity contribution in [2.45, 2.75) is 19.9 Å². The molecular formula is C19H26N4O. The van der Waals surface area contributed by atoms with Crippen molar-refractivity contribution in [1.82, 2.24) is 19.4 Å². The van der Waals surface area contributed by atoms with E-state index in [2.05, 4.69) is 52.9 Å². The van der Waals surface area contributed by atoms with Crippen LogP contribution in [0, 0.1) is 0 Å². The molecule has 0 saturated heterocycles. The summed E-state index contributed by atoms with van der Waals surface area (Å²) in [5, 5.41) is 4.20. The molecule has 0 spiro atoms. The summed E-state index contributed by atoms with van der Waals surface area (Å²) in [6.07, 6.45) is 0. The van der Waals surface area contributed by atoms with Crippen LogP contribution >= 0.6 is 0 Å². The molecule has 0 aliphatic rings. The van der Waals surface area contributed by atoms with Crippen LogP contribution in [0.1, 0.15) is 30.4 Å². The molecule has 5 nitrogen and oxygen atoms in total. The molecule has 1 amide bonds. The topological polar surface area (TPSA) is 42.2 Å². The van der Waals surface area contributed by atoms with Crippen molar-refractivity contribution in [2.24, 2.45) is 7.05 Å². The maximum Gasteiger partial charge on any atom is 0.268 e. The van der Waals surface area contributed by atoms with E-state index >= 15 is 0 Å². The Morgan fingerprint density at radius 1 is 1.21 bits per heavy atom. The van der Waals surface area contributed by atoms with Crippen molar-refractivity contribution in [1.29, 1.82) is 0 Å². The average molecular weight is 326 g/mol. The highest BCUT2D eigenvalue weighted by atomic mass is 16.1. The highest BCUT2D eigenvalue weighted by Gasteiger charge is 2.20. The first kappa shape index (κ1) is 16.6. The number of likely N-dealkylation sites (N-methyl/N-ethyl adjacent to an activating group) is 1. The summed E-state index contributed by atoms with van der Waals surface area (Å²) in [5.74, 6) is -0.0186. The van der Waals surface area contributed by atoms with Gasteiger partial charge >= 0.3 is 0 Å². The van der Waals surface area contributed by atoms with Gasteiger partial charge in [0, 0.05) is 31.6 Å². The monoisotopic (exact) mass is 326 g/mol. The van der Waals surface area contributed by atoms with Crippen molar-refractivity contribution in [3.63, 3.8) is 0 Å². The van der Waals surface area contributed by atoms with Crippen LogP contribution in [0.2, 0.25) is 0 Å². The Labute approximate surface area is 142 Å². The van der Waals surface area contributed by atoms with Gasteiger partial charge in [-0.15, -0.1) is 0 Å². The first-order valence-corrected chi connectivity index (χ1v) is 8.43. The van der Waals surface area contributed by atoms with Crippen LogP contribution in [0.25, 0.3) is 21.9 Å². The molecule has 3 aromatic rings. The van der Waals surface area contributed by atoms with Crippen LogP contribution in [0.15, 0.2) is 30.3 Å². The zero-order valence-electron chi connectivity index (χ0n) is 15.1. The lowest BCUT2D eigenvalue weighted by molar-refractivity contribution is 0.0943. The lowest BCUT2D eigenvalue weighted by Gasteiger charge is -2.11. The van der Waals surface area contributed by atoms with E-state index in [4.69, 9.17) is 0 Å². The number of amides is 1. The molecule has 1 aromatic carbocycles. The SMILES string of the molecule is CC(C)n1c2ccccc2c2c1cc(C(=O)NCCN(C)C)n2C. The van der Waals surface area contributed by atoms with Crippen LogP contribution in [0.3, 0.4) is 0 Å². The van der Waals surface area contributed by atoms with Crippen LogP contribution in [-0.4, -0.2) is 47.1 Å². The molecule has 2 heterocycles. The van der Waals surface area contributed by atoms with Gasteiger partial charge in [-0.05, 0) is 40.1 Å². The first-order chi connectivity index (χ1) is 11.4. The van der Waals surface area contributed by atoms with E-state index in [0.717, 1.165) is 17.6 Å². The number of para-hydroxylation sites is 1. The van der Waals surface area contributed by atoms with Crippen molar-refractivity contribution in [3.8, 4) is 0 Å². The van der Waals surface area contributed by atoms with Crippen LogP contribution in [-0.2, 0) is 7.05 Å². The van der Waals surface area contributed by atoms with E-state index < -0.39 is 0 Å². The predicted octanol–water partition coefficient (Wildman–Crippen LogP) is 3.01. The van der Waals surface area contributed by atoms with Crippen molar-refractivity contribution in [3.05, 3.63) is 36.0 Å². The van der Waals surface area contributed by atoms with Gasteiger partial charge in [0.25, 0.3) is 5.91 Å². The van der Waals surface area contributed by atoms with Gasteiger partial charge in [-0.1, -0.05) is 18.2 Å². The summed E-state index contributed by atoms with van der Waals surface area (Å²) in [6, 6.07) is 10.7. The van der Waals surface area contributed by atoms with E-state index in [0.29, 0.717) is 18.3 Å². The summed E-state index contributed by atoms with van der Waals surface area (Å²) in [7, 11) is 5.97. The number of aromatic nitrogens is 2. The maximum absolute atomic E-state index is 12.6. The normalized spacial score (nSPS) is 12.0. The molecule has 0 fully saturated rings. The van der Waals surface area contributed by atoms with Gasteiger partial charge in [-0.25, -0.2) is 0 Å². The molecule has 0 aliphatic heterocycles. The summed E-state index contributed by atoms with van der Waals surface area (Å²) >= 11 is 0. The quantitative estimate of drug-likeness (QED) is 0.783. The second kappa shape index (κ2) is 6.32. The smallest absolute Gasteiger partial charge is 0.268 e. The third-order valence-electron chi connectivity index (χ3n) is 4.48. The van der Waals surface area contributed by atoms with Crippen molar-refractivity contribution >= 4 is 27.8 Å². The van der Waals surface area contributed by atoms with Gasteiger partial charge in [0.2, 0.25) is 0 Å². The summed E-state index contributed by atoms with van der Waals surface area (Å²) in [4.78, 5) is 14.6. The molecule has 3 rings (SSSR count). The number of fused-ring (bicyclic) bond motifs is 3. The molecule has 0 atom stereocenters. The second-order valence-corrected chi connectivity index (χ2v) is 6.86. The van der Waals surface area contributed by atoms with Gasteiger partial charge < -0.3 is 19.4 Å². The number of aryl methyl sites for hydroxylation is 1. The number of nitrogens with zero attached hydrogens (tertiary/aromatic N) is 3. The predicted molar refractivity (Wildman–Crippen MR) is 99.7 cm³/mol. The number of hydrogen-bond donors (Lipinski definition) is 1. The fraction of sp³-hybridized carbons (Fsp3) is 0.421. The molecule has 0 bridgehead atoms. The maximum atomic E-state index is 12.6. The average Bonchev–Trinajstić information content (AvgIpc) is 3.01. The Kier molecular flexibility index (Phi) is 4.37. The standard InChI is InChI=1S/C19H26N4O/c1-13(2)23-15-9-7-6-8-14(15)18-16(23)12-17(22(18)5)19(24)20-10-11-21(3)4/h6-9,12-13H,10-11H2,1-5H3,(H,20,24). The number of nitrogens with one attached hydrogen (secondary N) is 1. The summed E-state index contributed by atoms with van der Waals surface area (Å²) < 4.78 is 4.32. The zero-order chi connectivity index (χ0) is 17.4. The number of carbonyl (C=O) groups is 1. The minimum absolute atomic E-state index is 0.0186. The lowest BCUT2D eigenvalue weighted by atomic mass is 10.2. The number of rotatable bonds is 5. The van der Waals surface area contributed by atoms with Gasteiger partial charge in [-0.3, -0.25) is 4.79 Å². The largest absolute Gasteiger partial charge is 0.349 e. The molecular weight excluding hydrogens is 300 g/mol. The minimum atomic E-state index is -0.0186. The Hall–Kier alpha value is -2.27. The number of carbonyl (C=O) groups excluding carboxylic acids is 1. The second-order valence-electron chi connectivity index (χ2n) is 6.86. The van der Waals surface area contributed by atoms with Crippen molar-refractivity contribution < 1.29 is 4.79 Å². The highest BCUT2D eigenvalue weighted by Crippen LogP contribution is 2.33. The molecule has 0 unspecified atom stereocenters. The van der Waals surface area contributed by atoms with Gasteiger partial charge in [0.1, 0.15) is 5.69 Å². The Balaban J connectivity index is 2.08. The molecule has 24 heavy (non-hydrogen) atoms. The van der Waals surface area contributed by atoms with Crippen molar-refractivity contribution in [2.75, 3.05) is 27.2 Å². The molecule has 2 aromatic heterocycles. The van der Waals surface area contributed by atoms with Gasteiger partial charge in [0.15, 0.2) is 0 Å². The number of benzene rings is 1. The van der Waals surface area contributed by atoms with Crippen LogP contribution in [0.5, 0.6) is 0 Å².